The van der Waals surface area contributed by atoms with Crippen molar-refractivity contribution in [2.45, 2.75) is 99.5 Å². The first-order valence-corrected chi connectivity index (χ1v) is 16.6. The second kappa shape index (κ2) is 16.0. The van der Waals surface area contributed by atoms with Gasteiger partial charge in [-0.1, -0.05) is 146 Å². The normalized spacial score (nSPS) is 11.1. The predicted octanol–water partition coefficient (Wildman–Crippen LogP) is 11.3. The molecule has 5 aromatic rings. The summed E-state index contributed by atoms with van der Waals surface area (Å²) in [6.07, 6.45) is 0. The summed E-state index contributed by atoms with van der Waals surface area (Å²) in [4.78, 5) is 0. The Hall–Kier alpha value is -2.02. The minimum absolute atomic E-state index is 0. The maximum atomic E-state index is 2.39. The van der Waals surface area contributed by atoms with Crippen LogP contribution in [0.1, 0.15) is 112 Å². The van der Waals surface area contributed by atoms with Gasteiger partial charge in [0.2, 0.25) is 0 Å². The summed E-state index contributed by atoms with van der Waals surface area (Å²) >= 11 is 0. The van der Waals surface area contributed by atoms with Crippen molar-refractivity contribution in [2.75, 3.05) is 0 Å². The van der Waals surface area contributed by atoms with Crippen molar-refractivity contribution in [3.8, 4) is 0 Å². The van der Waals surface area contributed by atoms with Gasteiger partial charge in [0.05, 0.1) is 9.52 Å². The fourth-order valence-electron chi connectivity index (χ4n) is 5.27. The summed E-state index contributed by atoms with van der Waals surface area (Å²) in [6.45, 7) is 24.7. The van der Waals surface area contributed by atoms with E-state index in [0.29, 0.717) is 23.7 Å². The van der Waals surface area contributed by atoms with E-state index in [0.717, 1.165) is 9.52 Å². The first kappa shape index (κ1) is 35.2. The van der Waals surface area contributed by atoms with E-state index in [-0.39, 0.29) is 26.2 Å². The molecular formula is C39H50SiZr. The monoisotopic (exact) mass is 636 g/mol. The van der Waals surface area contributed by atoms with Gasteiger partial charge in [0, 0.05) is 0 Å². The zero-order chi connectivity index (χ0) is 29.6. The molecule has 214 valence electrons. The quantitative estimate of drug-likeness (QED) is 0.133. The molecule has 2 radical (unpaired) electrons. The van der Waals surface area contributed by atoms with E-state index in [9.17, 15) is 0 Å². The molecule has 0 amide bonds. The smallest absolute Gasteiger partial charge is 0.165 e. The molecule has 0 aliphatic rings. The molecule has 0 atom stereocenters. The molecule has 0 nitrogen and oxygen atoms in total. The molecule has 0 spiro atoms. The van der Waals surface area contributed by atoms with Crippen LogP contribution >= 0.6 is 0 Å². The Morgan fingerprint density at radius 1 is 0.537 bits per heavy atom. The molecule has 0 bridgehead atoms. The van der Waals surface area contributed by atoms with Crippen molar-refractivity contribution in [3.05, 3.63) is 112 Å². The zero-order valence-electron chi connectivity index (χ0n) is 27.3. The van der Waals surface area contributed by atoms with Gasteiger partial charge < -0.3 is 0 Å². The molecule has 0 unspecified atom stereocenters. The fraction of sp³-hybridized carbons (Fsp3) is 0.385. The minimum atomic E-state index is 0. The number of benzene rings is 3. The van der Waals surface area contributed by atoms with E-state index >= 15 is 0 Å². The van der Waals surface area contributed by atoms with Gasteiger partial charge in [0.15, 0.2) is 0 Å². The van der Waals surface area contributed by atoms with Crippen molar-refractivity contribution in [2.24, 2.45) is 0 Å². The van der Waals surface area contributed by atoms with E-state index < -0.39 is 0 Å². The first-order valence-electron chi connectivity index (χ1n) is 15.1. The van der Waals surface area contributed by atoms with Gasteiger partial charge in [-0.15, -0.1) is 56.9 Å². The van der Waals surface area contributed by atoms with Crippen LogP contribution in [0.3, 0.4) is 0 Å². The number of hydrogen-bond donors (Lipinski definition) is 0. The number of aryl methyl sites for hydroxylation is 2. The van der Waals surface area contributed by atoms with Crippen molar-refractivity contribution in [1.82, 2.24) is 0 Å². The molecule has 0 saturated carbocycles. The summed E-state index contributed by atoms with van der Waals surface area (Å²) in [5.41, 5.74) is 8.66. The molecule has 0 saturated heterocycles. The van der Waals surface area contributed by atoms with Crippen LogP contribution in [0.25, 0.3) is 21.5 Å². The Bertz CT molecular complexity index is 1400. The third kappa shape index (κ3) is 9.49. The molecule has 0 aromatic heterocycles. The van der Waals surface area contributed by atoms with E-state index in [2.05, 4.69) is 149 Å². The Labute approximate surface area is 272 Å². The molecule has 5 rings (SSSR count). The largest absolute Gasteiger partial charge is 2.00 e. The van der Waals surface area contributed by atoms with Crippen LogP contribution < -0.4 is 5.19 Å². The molecule has 0 heterocycles. The molecule has 0 aliphatic heterocycles. The van der Waals surface area contributed by atoms with Crippen molar-refractivity contribution in [3.63, 3.8) is 0 Å². The minimum Gasteiger partial charge on any atom is -0.165 e. The molecular weight excluding hydrogens is 588 g/mol. The van der Waals surface area contributed by atoms with Gasteiger partial charge in [-0.2, -0.15) is 12.1 Å². The van der Waals surface area contributed by atoms with E-state index in [4.69, 9.17) is 0 Å². The van der Waals surface area contributed by atoms with Crippen LogP contribution in [0.4, 0.5) is 0 Å². The SMILES string of the molecule is C[Si]c1ccccc1.Cc1cc2c(C(C)C)cc(C(C)C)cc2[cH-]1.Cc1cc2c(C(C)C)cc(C(C)C)cc2[cH-]1.[Zr+2]. The molecule has 41 heavy (non-hydrogen) atoms. The van der Waals surface area contributed by atoms with Gasteiger partial charge in [-0.05, 0) is 23.7 Å². The molecule has 2 heteroatoms. The summed E-state index contributed by atoms with van der Waals surface area (Å²) < 4.78 is 0. The third-order valence-corrected chi connectivity index (χ3v) is 8.59. The Kier molecular flexibility index (Phi) is 13.7. The third-order valence-electron chi connectivity index (χ3n) is 7.68. The average molecular weight is 638 g/mol. The van der Waals surface area contributed by atoms with Crippen LogP contribution in [-0.2, 0) is 26.2 Å². The van der Waals surface area contributed by atoms with Crippen LogP contribution in [0.5, 0.6) is 0 Å². The van der Waals surface area contributed by atoms with E-state index in [1.807, 2.05) is 6.07 Å². The fourth-order valence-corrected chi connectivity index (χ4v) is 5.80. The number of fused-ring (bicyclic) bond motifs is 2. The van der Waals surface area contributed by atoms with Crippen molar-refractivity contribution >= 4 is 36.3 Å². The van der Waals surface area contributed by atoms with Gasteiger partial charge in [-0.25, -0.2) is 0 Å². The number of hydrogen-bond acceptors (Lipinski definition) is 0. The van der Waals surface area contributed by atoms with Crippen LogP contribution in [0.2, 0.25) is 6.55 Å². The predicted molar refractivity (Wildman–Crippen MR) is 183 cm³/mol. The Morgan fingerprint density at radius 3 is 1.22 bits per heavy atom. The standard InChI is InChI=1S/2C16H21.C7H8Si.Zr/c2*1-10(2)13-8-14-6-12(5)7-16(14)15(9-13)11(3)4;1-8-7-5-3-2-4-6-7;/h2*6-11H,1-5H3;2-6H,1H3;/q2*-1;;+2. The van der Waals surface area contributed by atoms with Gasteiger partial charge in [0.1, 0.15) is 0 Å². The van der Waals surface area contributed by atoms with Crippen LogP contribution in [0.15, 0.2) is 78.9 Å². The van der Waals surface area contributed by atoms with E-state index in [1.165, 1.54) is 60.1 Å². The zero-order valence-corrected chi connectivity index (χ0v) is 30.8. The average Bonchev–Trinajstić information content (AvgIpc) is 3.48. The summed E-state index contributed by atoms with van der Waals surface area (Å²) in [7, 11) is 0.930. The van der Waals surface area contributed by atoms with Gasteiger partial charge >= 0.3 is 26.2 Å². The Balaban J connectivity index is 0.000000224. The molecule has 0 fully saturated rings. The topological polar surface area (TPSA) is 0 Å². The van der Waals surface area contributed by atoms with Crippen LogP contribution in [-0.4, -0.2) is 9.52 Å². The maximum absolute atomic E-state index is 2.39. The Morgan fingerprint density at radius 2 is 0.927 bits per heavy atom. The molecule has 0 N–H and O–H groups in total. The first-order chi connectivity index (χ1) is 18.9. The summed E-state index contributed by atoms with van der Waals surface area (Å²) in [6, 6.07) is 29.2. The van der Waals surface area contributed by atoms with Crippen molar-refractivity contribution in [1.29, 1.82) is 0 Å². The van der Waals surface area contributed by atoms with Gasteiger partial charge in [0.25, 0.3) is 0 Å². The molecule has 5 aromatic carbocycles. The second-order valence-corrected chi connectivity index (χ2v) is 13.6. The van der Waals surface area contributed by atoms with E-state index in [1.54, 1.807) is 0 Å². The maximum Gasteiger partial charge on any atom is 2.00 e. The molecule has 0 aliphatic carbocycles. The van der Waals surface area contributed by atoms with Gasteiger partial charge in [-0.3, -0.25) is 0 Å². The number of rotatable bonds is 5. The van der Waals surface area contributed by atoms with Crippen molar-refractivity contribution < 1.29 is 26.2 Å². The van der Waals surface area contributed by atoms with Crippen LogP contribution in [0, 0.1) is 13.8 Å². The summed E-state index contributed by atoms with van der Waals surface area (Å²) in [5.74, 6) is 2.42. The second-order valence-electron chi connectivity index (χ2n) is 12.5. The summed E-state index contributed by atoms with van der Waals surface area (Å²) in [5, 5.41) is 7.14.